The van der Waals surface area contributed by atoms with Crippen LogP contribution < -0.4 is 5.32 Å². The summed E-state index contributed by atoms with van der Waals surface area (Å²) in [6.07, 6.45) is 9.22. The molecule has 0 saturated carbocycles. The molecule has 0 bridgehead atoms. The van der Waals surface area contributed by atoms with Crippen molar-refractivity contribution in [3.8, 4) is 5.69 Å². The summed E-state index contributed by atoms with van der Waals surface area (Å²) in [6.45, 7) is 2.92. The third-order valence-electron chi connectivity index (χ3n) is 5.67. The molecule has 6 heteroatoms. The number of nitrogens with zero attached hydrogens (tertiary/aromatic N) is 3. The number of likely N-dealkylation sites (tertiary alicyclic amines) is 1. The van der Waals surface area contributed by atoms with Crippen molar-refractivity contribution in [2.75, 3.05) is 18.4 Å². The lowest BCUT2D eigenvalue weighted by Crippen LogP contribution is -2.35. The Morgan fingerprint density at radius 2 is 2.07 bits per heavy atom. The topological polar surface area (TPSA) is 50.2 Å². The number of benzene rings is 1. The second-order valence-corrected chi connectivity index (χ2v) is 7.89. The highest BCUT2D eigenvalue weighted by Gasteiger charge is 2.22. The number of piperidine rings is 1. The van der Waals surface area contributed by atoms with Crippen molar-refractivity contribution >= 4 is 11.6 Å². The van der Waals surface area contributed by atoms with E-state index in [-0.39, 0.29) is 11.6 Å². The minimum Gasteiger partial charge on any atom is -0.324 e. The van der Waals surface area contributed by atoms with Crippen LogP contribution in [0, 0.1) is 11.7 Å². The van der Waals surface area contributed by atoms with Gasteiger partial charge in [-0.05, 0) is 68.1 Å². The number of para-hydroxylation sites is 1. The Bertz CT molecular complexity index is 972. The zero-order chi connectivity index (χ0) is 20.8. The van der Waals surface area contributed by atoms with Crippen molar-refractivity contribution in [2.24, 2.45) is 5.92 Å². The number of carbonyl (C=O) groups excluding carboxylic acids is 1. The van der Waals surface area contributed by atoms with Gasteiger partial charge < -0.3 is 9.88 Å². The van der Waals surface area contributed by atoms with Crippen LogP contribution >= 0.6 is 0 Å². The van der Waals surface area contributed by atoms with Gasteiger partial charge in [0.15, 0.2) is 0 Å². The van der Waals surface area contributed by atoms with Gasteiger partial charge in [0.05, 0.1) is 17.6 Å². The number of rotatable bonds is 7. The normalized spacial score (nSPS) is 17.0. The highest BCUT2D eigenvalue weighted by Crippen LogP contribution is 2.24. The van der Waals surface area contributed by atoms with Gasteiger partial charge in [-0.3, -0.25) is 14.7 Å². The van der Waals surface area contributed by atoms with Crippen LogP contribution in [0.3, 0.4) is 0 Å². The van der Waals surface area contributed by atoms with E-state index in [1.54, 1.807) is 24.4 Å². The van der Waals surface area contributed by atoms with Gasteiger partial charge in [-0.1, -0.05) is 12.1 Å². The summed E-state index contributed by atoms with van der Waals surface area (Å²) in [5.41, 5.74) is 2.56. The molecular formula is C24H27FN4O. The van der Waals surface area contributed by atoms with Crippen molar-refractivity contribution in [1.29, 1.82) is 0 Å². The van der Waals surface area contributed by atoms with Gasteiger partial charge >= 0.3 is 0 Å². The minimum absolute atomic E-state index is 0.123. The third kappa shape index (κ3) is 5.13. The number of nitrogens with one attached hydrogen (secondary N) is 1. The average Bonchev–Trinajstić information content (AvgIpc) is 3.23. The van der Waals surface area contributed by atoms with E-state index in [0.29, 0.717) is 12.3 Å². The molecule has 1 saturated heterocycles. The first-order chi connectivity index (χ1) is 14.7. The van der Waals surface area contributed by atoms with E-state index in [1.807, 2.05) is 12.3 Å². The summed E-state index contributed by atoms with van der Waals surface area (Å²) in [5, 5.41) is 2.69. The third-order valence-corrected chi connectivity index (χ3v) is 5.67. The monoisotopic (exact) mass is 406 g/mol. The van der Waals surface area contributed by atoms with Crippen LogP contribution in [0.5, 0.6) is 0 Å². The van der Waals surface area contributed by atoms with Crippen LogP contribution in [0.1, 0.15) is 31.4 Å². The van der Waals surface area contributed by atoms with Crippen LogP contribution in [0.25, 0.3) is 5.69 Å². The molecule has 4 rings (SSSR count). The van der Waals surface area contributed by atoms with Gasteiger partial charge in [0.2, 0.25) is 5.91 Å². The first-order valence-corrected chi connectivity index (χ1v) is 10.5. The molecule has 5 nitrogen and oxygen atoms in total. The molecule has 2 aromatic heterocycles. The van der Waals surface area contributed by atoms with Crippen LogP contribution in [0.15, 0.2) is 67.1 Å². The Morgan fingerprint density at radius 3 is 2.90 bits per heavy atom. The van der Waals surface area contributed by atoms with Crippen molar-refractivity contribution < 1.29 is 9.18 Å². The van der Waals surface area contributed by atoms with E-state index >= 15 is 0 Å². The summed E-state index contributed by atoms with van der Waals surface area (Å²) in [4.78, 5) is 18.9. The lowest BCUT2D eigenvalue weighted by atomic mass is 9.93. The first kappa shape index (κ1) is 20.3. The minimum atomic E-state index is -0.397. The number of anilines is 1. The Kier molecular flexibility index (Phi) is 6.54. The van der Waals surface area contributed by atoms with Gasteiger partial charge in [-0.25, -0.2) is 4.39 Å². The maximum absolute atomic E-state index is 13.7. The molecule has 1 amide bonds. The van der Waals surface area contributed by atoms with Gasteiger partial charge in [0.1, 0.15) is 5.82 Å². The number of amides is 1. The Hall–Kier alpha value is -2.99. The van der Waals surface area contributed by atoms with Gasteiger partial charge in [0.25, 0.3) is 0 Å². The van der Waals surface area contributed by atoms with E-state index in [9.17, 15) is 9.18 Å². The molecule has 0 radical (unpaired) electrons. The van der Waals surface area contributed by atoms with Crippen molar-refractivity contribution in [2.45, 2.75) is 32.2 Å². The van der Waals surface area contributed by atoms with Crippen molar-refractivity contribution in [3.63, 3.8) is 0 Å². The first-order valence-electron chi connectivity index (χ1n) is 10.5. The molecule has 1 aliphatic heterocycles. The zero-order valence-electron chi connectivity index (χ0n) is 17.0. The second-order valence-electron chi connectivity index (χ2n) is 7.89. The number of halogens is 1. The molecule has 3 heterocycles. The lowest BCUT2D eigenvalue weighted by Gasteiger charge is -2.33. The fourth-order valence-corrected chi connectivity index (χ4v) is 4.16. The largest absolute Gasteiger partial charge is 0.324 e. The van der Waals surface area contributed by atoms with Crippen LogP contribution in [0.4, 0.5) is 10.1 Å². The molecule has 1 aromatic carbocycles. The van der Waals surface area contributed by atoms with Crippen molar-refractivity contribution in [3.05, 3.63) is 78.6 Å². The number of pyridine rings is 1. The fourth-order valence-electron chi connectivity index (χ4n) is 4.16. The zero-order valence-corrected chi connectivity index (χ0v) is 17.0. The van der Waals surface area contributed by atoms with E-state index in [0.717, 1.165) is 44.6 Å². The maximum Gasteiger partial charge on any atom is 0.224 e. The molecule has 0 spiro atoms. The van der Waals surface area contributed by atoms with Gasteiger partial charge in [-0.2, -0.15) is 0 Å². The summed E-state index contributed by atoms with van der Waals surface area (Å²) in [6, 6.07) is 14.5. The Balaban J connectivity index is 1.30. The average molecular weight is 407 g/mol. The summed E-state index contributed by atoms with van der Waals surface area (Å²) < 4.78 is 15.9. The molecule has 1 N–H and O–H groups in total. The number of carbonyl (C=O) groups is 1. The lowest BCUT2D eigenvalue weighted by molar-refractivity contribution is -0.116. The van der Waals surface area contributed by atoms with Crippen LogP contribution in [0.2, 0.25) is 0 Å². The van der Waals surface area contributed by atoms with Gasteiger partial charge in [0, 0.05) is 37.6 Å². The van der Waals surface area contributed by atoms with Crippen molar-refractivity contribution in [1.82, 2.24) is 14.5 Å². The smallest absolute Gasteiger partial charge is 0.224 e. The second kappa shape index (κ2) is 9.67. The number of hydrogen-bond acceptors (Lipinski definition) is 3. The molecule has 1 fully saturated rings. The maximum atomic E-state index is 13.7. The SMILES string of the molecule is O=C(CCC1CCCN(Cc2cccn2-c2cccnc2)C1)Nc1ccccc1F. The molecule has 3 aromatic rings. The predicted molar refractivity (Wildman–Crippen MR) is 116 cm³/mol. The summed E-state index contributed by atoms with van der Waals surface area (Å²) in [7, 11) is 0. The van der Waals surface area contributed by atoms with Gasteiger partial charge in [-0.15, -0.1) is 0 Å². The molecule has 156 valence electrons. The predicted octanol–water partition coefficient (Wildman–Crippen LogP) is 4.64. The molecular weight excluding hydrogens is 379 g/mol. The van der Waals surface area contributed by atoms with E-state index in [4.69, 9.17) is 0 Å². The van der Waals surface area contributed by atoms with Crippen LogP contribution in [-0.2, 0) is 11.3 Å². The summed E-state index contributed by atoms with van der Waals surface area (Å²) >= 11 is 0. The Morgan fingerprint density at radius 1 is 1.17 bits per heavy atom. The standard InChI is InChI=1S/C24H27FN4O/c25-22-9-1-2-10-23(22)27-24(30)12-11-19-6-4-14-28(17-19)18-21-8-5-15-29(21)20-7-3-13-26-16-20/h1-3,5,7-10,13,15-16,19H,4,6,11-12,14,17-18H2,(H,27,30). The highest BCUT2D eigenvalue weighted by molar-refractivity contribution is 5.90. The molecule has 1 unspecified atom stereocenters. The highest BCUT2D eigenvalue weighted by atomic mass is 19.1. The van der Waals surface area contributed by atoms with E-state index < -0.39 is 5.82 Å². The van der Waals surface area contributed by atoms with E-state index in [1.165, 1.54) is 11.8 Å². The van der Waals surface area contributed by atoms with Crippen LogP contribution in [-0.4, -0.2) is 33.4 Å². The fraction of sp³-hybridized carbons (Fsp3) is 0.333. The molecule has 0 aliphatic carbocycles. The molecule has 1 aliphatic rings. The quantitative estimate of drug-likeness (QED) is 0.622. The van der Waals surface area contributed by atoms with E-state index in [2.05, 4.69) is 44.2 Å². The summed E-state index contributed by atoms with van der Waals surface area (Å²) in [5.74, 6) is -0.0408. The Labute approximate surface area is 176 Å². The molecule has 30 heavy (non-hydrogen) atoms. The molecule has 1 atom stereocenters. The number of hydrogen-bond donors (Lipinski definition) is 1. The number of aromatic nitrogens is 2.